The van der Waals surface area contributed by atoms with E-state index in [1.54, 1.807) is 0 Å². The molecule has 3 aromatic heterocycles. The van der Waals surface area contributed by atoms with Crippen molar-refractivity contribution in [2.24, 2.45) is 0 Å². The molecule has 0 saturated heterocycles. The van der Waals surface area contributed by atoms with Gasteiger partial charge in [-0.2, -0.15) is 0 Å². The van der Waals surface area contributed by atoms with Gasteiger partial charge < -0.3 is 13.7 Å². The smallest absolute Gasteiger partial charge is 0.180 e. The summed E-state index contributed by atoms with van der Waals surface area (Å²) >= 11 is 0. The third kappa shape index (κ3) is 5.94. The molecule has 0 aliphatic carbocycles. The Labute approximate surface area is 407 Å². The maximum atomic E-state index is 2.54. The van der Waals surface area contributed by atoms with Crippen molar-refractivity contribution < 1.29 is 0 Å². The number of hydrogen-bond donors (Lipinski definition) is 0. The number of aromatic nitrogens is 3. The molecule has 70 heavy (non-hydrogen) atoms. The average molecular weight is 908 g/mol. The predicted molar refractivity (Wildman–Crippen MR) is 299 cm³/mol. The SMILES string of the molecule is c1ccc(-c2ccccc2-n2c3ccccc3c3ccc(-n4c5ccccc5c5c([Si](c6ccccc6)(c6ccccc6)c6ccc7c(c6)c6ccccc6n7-c6ccccc6)cccc54)cc32)cc1. The summed E-state index contributed by atoms with van der Waals surface area (Å²) in [5.41, 5.74) is 13.0. The fraction of sp³-hybridized carbons (Fsp3) is 0. The summed E-state index contributed by atoms with van der Waals surface area (Å²) in [6, 6.07) is 102. The van der Waals surface area contributed by atoms with E-state index in [1.807, 2.05) is 0 Å². The highest BCUT2D eigenvalue weighted by atomic mass is 28.3. The molecule has 0 fully saturated rings. The van der Waals surface area contributed by atoms with Crippen molar-refractivity contribution in [3.8, 4) is 28.2 Å². The van der Waals surface area contributed by atoms with Gasteiger partial charge in [-0.3, -0.25) is 0 Å². The summed E-state index contributed by atoms with van der Waals surface area (Å²) in [7, 11) is -3.13. The van der Waals surface area contributed by atoms with E-state index in [1.165, 1.54) is 97.3 Å². The molecule has 0 aliphatic rings. The molecule has 0 amide bonds. The van der Waals surface area contributed by atoms with E-state index in [2.05, 4.69) is 287 Å². The molecular weight excluding hydrogens is 863 g/mol. The summed E-state index contributed by atoms with van der Waals surface area (Å²) in [6.45, 7) is 0. The predicted octanol–water partition coefficient (Wildman–Crippen LogP) is 14.0. The maximum absolute atomic E-state index is 3.13. The van der Waals surface area contributed by atoms with Crippen molar-refractivity contribution in [2.45, 2.75) is 0 Å². The van der Waals surface area contributed by atoms with Crippen LogP contribution in [0.1, 0.15) is 0 Å². The van der Waals surface area contributed by atoms with E-state index in [4.69, 9.17) is 0 Å². The monoisotopic (exact) mass is 907 g/mol. The number of benzene rings is 11. The first kappa shape index (κ1) is 40.1. The van der Waals surface area contributed by atoms with E-state index >= 15 is 0 Å². The molecular formula is C66H45N3Si. The first-order valence-electron chi connectivity index (χ1n) is 24.2. The lowest BCUT2D eigenvalue weighted by Crippen LogP contribution is -2.74. The number of hydrogen-bond acceptors (Lipinski definition) is 0. The number of rotatable bonds is 8. The van der Waals surface area contributed by atoms with E-state index < -0.39 is 8.07 Å². The van der Waals surface area contributed by atoms with E-state index in [0.29, 0.717) is 0 Å². The van der Waals surface area contributed by atoms with Crippen LogP contribution in [0.4, 0.5) is 0 Å². The molecule has 11 aromatic carbocycles. The standard InChI is InChI=1S/C66H45N3Si/c1-5-22-46(23-6-1)52-30-13-17-34-58(52)69-60-36-19-14-31-53(60)55-42-40-48(44-64(55)69)68-61-37-20-16-33-56(61)66-63(68)38-21-39-65(66)70(49-26-9-3-10-27-49,50-28-11-4-12-29-50)51-41-43-62-57(45-51)54-32-15-18-35-59(54)67(62)47-24-7-2-8-25-47/h1-45H. The first-order chi connectivity index (χ1) is 34.8. The Hall–Kier alpha value is -8.96. The molecule has 0 unspecified atom stereocenters. The van der Waals surface area contributed by atoms with Crippen LogP contribution in [0, 0.1) is 0 Å². The Kier molecular flexibility index (Phi) is 9.23. The summed E-state index contributed by atoms with van der Waals surface area (Å²) in [5, 5.41) is 12.9. The lowest BCUT2D eigenvalue weighted by molar-refractivity contribution is 1.16. The van der Waals surface area contributed by atoms with Gasteiger partial charge in [0.2, 0.25) is 0 Å². The minimum absolute atomic E-state index is 1.12. The second-order valence-electron chi connectivity index (χ2n) is 18.4. The van der Waals surface area contributed by atoms with Crippen LogP contribution in [0.2, 0.25) is 0 Å². The highest BCUT2D eigenvalue weighted by Gasteiger charge is 2.43. The Morgan fingerprint density at radius 3 is 1.46 bits per heavy atom. The molecule has 0 radical (unpaired) electrons. The van der Waals surface area contributed by atoms with Crippen molar-refractivity contribution in [2.75, 3.05) is 0 Å². The van der Waals surface area contributed by atoms with Gasteiger partial charge in [0.05, 0.1) is 38.8 Å². The van der Waals surface area contributed by atoms with Crippen LogP contribution in [0.5, 0.6) is 0 Å². The summed E-state index contributed by atoms with van der Waals surface area (Å²) in [5.74, 6) is 0. The van der Waals surface area contributed by atoms with Crippen LogP contribution in [0.25, 0.3) is 93.6 Å². The van der Waals surface area contributed by atoms with E-state index in [-0.39, 0.29) is 0 Å². The first-order valence-corrected chi connectivity index (χ1v) is 26.2. The highest BCUT2D eigenvalue weighted by Crippen LogP contribution is 2.40. The molecule has 0 N–H and O–H groups in total. The molecule has 14 aromatic rings. The number of fused-ring (bicyclic) bond motifs is 9. The van der Waals surface area contributed by atoms with Crippen molar-refractivity contribution in [1.82, 2.24) is 13.7 Å². The van der Waals surface area contributed by atoms with Gasteiger partial charge in [-0.15, -0.1) is 0 Å². The van der Waals surface area contributed by atoms with Gasteiger partial charge >= 0.3 is 0 Å². The average Bonchev–Trinajstić information content (AvgIpc) is 4.08. The number of para-hydroxylation sites is 5. The summed E-state index contributed by atoms with van der Waals surface area (Å²) < 4.78 is 7.42. The van der Waals surface area contributed by atoms with Crippen LogP contribution in [-0.2, 0) is 0 Å². The molecule has 0 bridgehead atoms. The van der Waals surface area contributed by atoms with Gasteiger partial charge in [0.1, 0.15) is 0 Å². The molecule has 14 rings (SSSR count). The molecule has 0 spiro atoms. The minimum atomic E-state index is -3.13. The van der Waals surface area contributed by atoms with Gasteiger partial charge in [0, 0.05) is 49.3 Å². The fourth-order valence-electron chi connectivity index (χ4n) is 11.9. The molecule has 328 valence electrons. The van der Waals surface area contributed by atoms with Gasteiger partial charge in [0.15, 0.2) is 8.07 Å². The van der Waals surface area contributed by atoms with Crippen molar-refractivity contribution >= 4 is 94.2 Å². The van der Waals surface area contributed by atoms with Crippen molar-refractivity contribution in [1.29, 1.82) is 0 Å². The molecule has 0 aliphatic heterocycles. The highest BCUT2D eigenvalue weighted by molar-refractivity contribution is 7.21. The zero-order valence-corrected chi connectivity index (χ0v) is 39.3. The Bertz CT molecular complexity index is 4240. The quantitative estimate of drug-likeness (QED) is 0.107. The normalized spacial score (nSPS) is 12.0. The van der Waals surface area contributed by atoms with Gasteiger partial charge in [-0.05, 0) is 87.0 Å². The zero-order valence-electron chi connectivity index (χ0n) is 38.3. The second kappa shape index (κ2) is 16.1. The Morgan fingerprint density at radius 2 is 0.757 bits per heavy atom. The van der Waals surface area contributed by atoms with Crippen LogP contribution >= 0.6 is 0 Å². The lowest BCUT2D eigenvalue weighted by atomic mass is 10.0. The number of nitrogens with zero attached hydrogens (tertiary/aromatic N) is 3. The molecule has 3 heterocycles. The lowest BCUT2D eigenvalue weighted by Gasteiger charge is -2.35. The van der Waals surface area contributed by atoms with Crippen LogP contribution in [0.15, 0.2) is 273 Å². The summed E-state index contributed by atoms with van der Waals surface area (Å²) in [4.78, 5) is 0. The maximum Gasteiger partial charge on any atom is 0.180 e. The molecule has 0 saturated carbocycles. The van der Waals surface area contributed by atoms with E-state index in [9.17, 15) is 0 Å². The largest absolute Gasteiger partial charge is 0.309 e. The molecule has 0 atom stereocenters. The van der Waals surface area contributed by atoms with Gasteiger partial charge in [-0.1, -0.05) is 212 Å². The van der Waals surface area contributed by atoms with Crippen LogP contribution in [-0.4, -0.2) is 21.8 Å². The molecule has 4 heteroatoms. The zero-order chi connectivity index (χ0) is 46.2. The molecule has 3 nitrogen and oxygen atoms in total. The van der Waals surface area contributed by atoms with Gasteiger partial charge in [0.25, 0.3) is 0 Å². The van der Waals surface area contributed by atoms with Crippen molar-refractivity contribution in [3.63, 3.8) is 0 Å². The fourth-order valence-corrected chi connectivity index (χ4v) is 16.9. The van der Waals surface area contributed by atoms with E-state index in [0.717, 1.165) is 17.1 Å². The topological polar surface area (TPSA) is 14.8 Å². The Balaban J connectivity index is 1.07. The van der Waals surface area contributed by atoms with Crippen molar-refractivity contribution in [3.05, 3.63) is 273 Å². The van der Waals surface area contributed by atoms with Crippen LogP contribution in [0.3, 0.4) is 0 Å². The third-order valence-electron chi connectivity index (χ3n) is 14.8. The third-order valence-corrected chi connectivity index (χ3v) is 19.6. The Morgan fingerprint density at radius 1 is 0.257 bits per heavy atom. The van der Waals surface area contributed by atoms with Crippen LogP contribution < -0.4 is 20.7 Å². The second-order valence-corrected chi connectivity index (χ2v) is 22.2. The summed E-state index contributed by atoms with van der Waals surface area (Å²) in [6.07, 6.45) is 0. The minimum Gasteiger partial charge on any atom is -0.309 e. The van der Waals surface area contributed by atoms with Gasteiger partial charge in [-0.25, -0.2) is 0 Å².